The van der Waals surface area contributed by atoms with Crippen molar-refractivity contribution in [2.45, 2.75) is 39.0 Å². The number of carbonyl (C=O) groups is 1. The van der Waals surface area contributed by atoms with Gasteiger partial charge in [-0.15, -0.1) is 0 Å². The third kappa shape index (κ3) is 3.38. The van der Waals surface area contributed by atoms with E-state index in [2.05, 4.69) is 30.7 Å². The van der Waals surface area contributed by atoms with Gasteiger partial charge in [-0.2, -0.15) is 0 Å². The molecule has 1 rings (SSSR count). The number of nitrogens with zero attached hydrogens (tertiary/aromatic N) is 1. The molecule has 0 N–H and O–H groups in total. The van der Waals surface area contributed by atoms with Gasteiger partial charge >= 0.3 is 5.97 Å². The van der Waals surface area contributed by atoms with Gasteiger partial charge in [-0.3, -0.25) is 4.79 Å². The van der Waals surface area contributed by atoms with E-state index < -0.39 is 0 Å². The van der Waals surface area contributed by atoms with Crippen LogP contribution in [-0.2, 0) is 21.4 Å². The van der Waals surface area contributed by atoms with Crippen LogP contribution < -0.4 is 0 Å². The lowest BCUT2D eigenvalue weighted by molar-refractivity contribution is -0.140. The molecule has 15 heavy (non-hydrogen) atoms. The van der Waals surface area contributed by atoms with Gasteiger partial charge in [0.1, 0.15) is 5.76 Å². The molecule has 0 fully saturated rings. The van der Waals surface area contributed by atoms with Crippen LogP contribution in [-0.4, -0.2) is 18.2 Å². The lowest BCUT2D eigenvalue weighted by Gasteiger charge is -2.12. The summed E-state index contributed by atoms with van der Waals surface area (Å²) in [5, 5.41) is 3.91. The molecular formula is C11H17NO3. The SMILES string of the molecule is COC(=O)CCc1cc(C(C)(C)C)on1. The Morgan fingerprint density at radius 1 is 1.53 bits per heavy atom. The molecule has 0 aliphatic carbocycles. The van der Waals surface area contributed by atoms with Crippen LogP contribution in [0.2, 0.25) is 0 Å². The number of rotatable bonds is 3. The Hall–Kier alpha value is -1.32. The quantitative estimate of drug-likeness (QED) is 0.718. The average molecular weight is 211 g/mol. The first-order chi connectivity index (χ1) is 6.93. The highest BCUT2D eigenvalue weighted by atomic mass is 16.5. The summed E-state index contributed by atoms with van der Waals surface area (Å²) in [6.45, 7) is 6.16. The normalized spacial score (nSPS) is 11.5. The Morgan fingerprint density at radius 2 is 2.20 bits per heavy atom. The molecule has 1 aromatic heterocycles. The predicted octanol–water partition coefficient (Wildman–Crippen LogP) is 2.08. The zero-order valence-corrected chi connectivity index (χ0v) is 9.66. The number of carbonyl (C=O) groups excluding carboxylic acids is 1. The van der Waals surface area contributed by atoms with E-state index in [1.165, 1.54) is 7.11 Å². The summed E-state index contributed by atoms with van der Waals surface area (Å²) in [7, 11) is 1.38. The maximum Gasteiger partial charge on any atom is 0.305 e. The van der Waals surface area contributed by atoms with Crippen LogP contribution in [0, 0.1) is 0 Å². The molecule has 84 valence electrons. The molecule has 0 aliphatic heterocycles. The van der Waals surface area contributed by atoms with Gasteiger partial charge < -0.3 is 9.26 Å². The fourth-order valence-corrected chi connectivity index (χ4v) is 1.12. The molecule has 0 saturated carbocycles. The number of hydrogen-bond acceptors (Lipinski definition) is 4. The van der Waals surface area contributed by atoms with Crippen molar-refractivity contribution in [2.24, 2.45) is 0 Å². The topological polar surface area (TPSA) is 52.3 Å². The summed E-state index contributed by atoms with van der Waals surface area (Å²) in [4.78, 5) is 10.9. The third-order valence-electron chi connectivity index (χ3n) is 2.11. The number of methoxy groups -OCH3 is 1. The van der Waals surface area contributed by atoms with Crippen LogP contribution in [0.15, 0.2) is 10.6 Å². The lowest BCUT2D eigenvalue weighted by Crippen LogP contribution is -2.09. The first kappa shape index (κ1) is 11.8. The standard InChI is InChI=1S/C11H17NO3/c1-11(2,3)9-7-8(12-15-9)5-6-10(13)14-4/h7H,5-6H2,1-4H3. The van der Waals surface area contributed by atoms with Gasteiger partial charge in [0.2, 0.25) is 0 Å². The maximum atomic E-state index is 10.9. The highest BCUT2D eigenvalue weighted by molar-refractivity contribution is 5.69. The Bertz CT molecular complexity index is 336. The van der Waals surface area contributed by atoms with Crippen molar-refractivity contribution in [3.63, 3.8) is 0 Å². The fraction of sp³-hybridized carbons (Fsp3) is 0.636. The van der Waals surface area contributed by atoms with E-state index in [-0.39, 0.29) is 11.4 Å². The summed E-state index contributed by atoms with van der Waals surface area (Å²) < 4.78 is 9.74. The van der Waals surface area contributed by atoms with Gasteiger partial charge in [0, 0.05) is 17.9 Å². The molecule has 0 saturated heterocycles. The van der Waals surface area contributed by atoms with Crippen LogP contribution in [0.1, 0.15) is 38.6 Å². The Labute approximate surface area is 89.6 Å². The van der Waals surface area contributed by atoms with E-state index in [9.17, 15) is 4.79 Å². The first-order valence-corrected chi connectivity index (χ1v) is 4.96. The van der Waals surface area contributed by atoms with Crippen molar-refractivity contribution in [2.75, 3.05) is 7.11 Å². The summed E-state index contributed by atoms with van der Waals surface area (Å²) in [5.74, 6) is 0.609. The summed E-state index contributed by atoms with van der Waals surface area (Å²) in [6, 6.07) is 1.89. The molecule has 0 bridgehead atoms. The second-order valence-corrected chi connectivity index (χ2v) is 4.51. The summed E-state index contributed by atoms with van der Waals surface area (Å²) in [5.41, 5.74) is 0.751. The maximum absolute atomic E-state index is 10.9. The largest absolute Gasteiger partial charge is 0.469 e. The van der Waals surface area contributed by atoms with Crippen molar-refractivity contribution in [1.29, 1.82) is 0 Å². The van der Waals surface area contributed by atoms with Gasteiger partial charge in [-0.1, -0.05) is 25.9 Å². The molecule has 1 aromatic rings. The van der Waals surface area contributed by atoms with E-state index in [1.54, 1.807) is 0 Å². The van der Waals surface area contributed by atoms with E-state index in [4.69, 9.17) is 4.52 Å². The van der Waals surface area contributed by atoms with Crippen molar-refractivity contribution >= 4 is 5.97 Å². The highest BCUT2D eigenvalue weighted by Gasteiger charge is 2.19. The summed E-state index contributed by atoms with van der Waals surface area (Å²) in [6.07, 6.45) is 0.902. The molecular weight excluding hydrogens is 194 g/mol. The van der Waals surface area contributed by atoms with E-state index in [0.29, 0.717) is 12.8 Å². The molecule has 4 nitrogen and oxygen atoms in total. The first-order valence-electron chi connectivity index (χ1n) is 4.96. The van der Waals surface area contributed by atoms with E-state index in [0.717, 1.165) is 11.5 Å². The van der Waals surface area contributed by atoms with Crippen molar-refractivity contribution in [1.82, 2.24) is 5.16 Å². The van der Waals surface area contributed by atoms with Crippen LogP contribution in [0.4, 0.5) is 0 Å². The second-order valence-electron chi connectivity index (χ2n) is 4.51. The fourth-order valence-electron chi connectivity index (χ4n) is 1.12. The molecule has 0 spiro atoms. The van der Waals surface area contributed by atoms with Crippen molar-refractivity contribution in [3.05, 3.63) is 17.5 Å². The average Bonchev–Trinajstić information content (AvgIpc) is 2.61. The van der Waals surface area contributed by atoms with Crippen molar-refractivity contribution < 1.29 is 14.1 Å². The molecule has 0 radical (unpaired) electrons. The number of aromatic nitrogens is 1. The zero-order valence-electron chi connectivity index (χ0n) is 9.66. The minimum absolute atomic E-state index is 0.0451. The van der Waals surface area contributed by atoms with Gasteiger partial charge in [0.05, 0.1) is 19.2 Å². The molecule has 0 aliphatic rings. The molecule has 4 heteroatoms. The molecule has 0 unspecified atom stereocenters. The Kier molecular flexibility index (Phi) is 3.50. The van der Waals surface area contributed by atoms with Crippen LogP contribution in [0.25, 0.3) is 0 Å². The number of ether oxygens (including phenoxy) is 1. The van der Waals surface area contributed by atoms with Gasteiger partial charge in [0.15, 0.2) is 0 Å². The van der Waals surface area contributed by atoms with E-state index in [1.807, 2.05) is 6.07 Å². The minimum atomic E-state index is -0.227. The Morgan fingerprint density at radius 3 is 2.67 bits per heavy atom. The molecule has 0 aromatic carbocycles. The smallest absolute Gasteiger partial charge is 0.305 e. The summed E-state index contributed by atoms with van der Waals surface area (Å²) >= 11 is 0. The van der Waals surface area contributed by atoms with E-state index >= 15 is 0 Å². The predicted molar refractivity (Wildman–Crippen MR) is 55.5 cm³/mol. The van der Waals surface area contributed by atoms with Gasteiger partial charge in [-0.25, -0.2) is 0 Å². The van der Waals surface area contributed by atoms with Crippen LogP contribution >= 0.6 is 0 Å². The molecule has 1 heterocycles. The lowest BCUT2D eigenvalue weighted by atomic mass is 9.93. The van der Waals surface area contributed by atoms with Gasteiger partial charge in [-0.05, 0) is 0 Å². The van der Waals surface area contributed by atoms with Gasteiger partial charge in [0.25, 0.3) is 0 Å². The van der Waals surface area contributed by atoms with Crippen LogP contribution in [0.3, 0.4) is 0 Å². The molecule has 0 amide bonds. The minimum Gasteiger partial charge on any atom is -0.469 e. The highest BCUT2D eigenvalue weighted by Crippen LogP contribution is 2.22. The van der Waals surface area contributed by atoms with Crippen LogP contribution in [0.5, 0.6) is 0 Å². The second kappa shape index (κ2) is 4.47. The zero-order chi connectivity index (χ0) is 11.5. The number of esters is 1. The Balaban J connectivity index is 2.58. The van der Waals surface area contributed by atoms with Crippen molar-refractivity contribution in [3.8, 4) is 0 Å². The number of hydrogen-bond donors (Lipinski definition) is 0. The molecule has 0 atom stereocenters. The number of aryl methyl sites for hydroxylation is 1. The third-order valence-corrected chi connectivity index (χ3v) is 2.11. The monoisotopic (exact) mass is 211 g/mol.